The first-order valence-corrected chi connectivity index (χ1v) is 3.54. The van der Waals surface area contributed by atoms with E-state index in [0.717, 1.165) is 5.01 Å². The average Bonchev–Trinajstić information content (AvgIpc) is 2.31. The van der Waals surface area contributed by atoms with Crippen molar-refractivity contribution in [1.29, 1.82) is 0 Å². The average molecular weight is 154 g/mol. The zero-order chi connectivity index (χ0) is 7.40. The highest BCUT2D eigenvalue weighted by Gasteiger charge is 1.92. The van der Waals surface area contributed by atoms with Gasteiger partial charge in [-0.1, -0.05) is 17.3 Å². The molecule has 0 fully saturated rings. The number of rotatable bonds is 0. The van der Waals surface area contributed by atoms with Gasteiger partial charge in [-0.2, -0.15) is 0 Å². The zero-order valence-corrected chi connectivity index (χ0v) is 6.27. The summed E-state index contributed by atoms with van der Waals surface area (Å²) in [4.78, 5) is 0. The van der Waals surface area contributed by atoms with E-state index in [4.69, 9.17) is 5.11 Å². The Hall–Kier alpha value is -0.920. The summed E-state index contributed by atoms with van der Waals surface area (Å²) >= 11 is 1.42. The molecule has 10 heavy (non-hydrogen) atoms. The van der Waals surface area contributed by atoms with Crippen LogP contribution in [-0.4, -0.2) is 21.9 Å². The highest BCUT2D eigenvalue weighted by Crippen LogP contribution is 2.04. The summed E-state index contributed by atoms with van der Waals surface area (Å²) in [7, 11) is 0. The Morgan fingerprint density at radius 2 is 2.40 bits per heavy atom. The predicted octanol–water partition coefficient (Wildman–Crippen LogP) is 0.190. The molecule has 0 unspecified atom stereocenters. The Kier molecular flexibility index (Phi) is 2.37. The minimum absolute atomic E-state index is 0.126. The number of aliphatic hydroxyl groups excluding tert-OH is 1. The van der Waals surface area contributed by atoms with Crippen molar-refractivity contribution in [3.8, 4) is 11.8 Å². The molecule has 0 aliphatic heterocycles. The lowest BCUT2D eigenvalue weighted by molar-refractivity contribution is 0.350. The summed E-state index contributed by atoms with van der Waals surface area (Å²) < 4.78 is 0. The standard InChI is InChI=1S/C6H6N2OS/c1-5-7-8-6(10-5)3-2-4-9/h9H,4H2,1H3. The molecule has 0 amide bonds. The number of hydrogen-bond acceptors (Lipinski definition) is 4. The topological polar surface area (TPSA) is 46.0 Å². The van der Waals surface area contributed by atoms with Gasteiger partial charge >= 0.3 is 0 Å². The first-order chi connectivity index (χ1) is 4.83. The van der Waals surface area contributed by atoms with Crippen LogP contribution in [0.15, 0.2) is 0 Å². The van der Waals surface area contributed by atoms with Crippen LogP contribution in [0.2, 0.25) is 0 Å². The van der Waals surface area contributed by atoms with Crippen LogP contribution in [0.1, 0.15) is 10.0 Å². The Labute approximate surface area is 62.7 Å². The molecule has 3 nitrogen and oxygen atoms in total. The van der Waals surface area contributed by atoms with Gasteiger partial charge in [0.2, 0.25) is 0 Å². The lowest BCUT2D eigenvalue weighted by Crippen LogP contribution is -1.74. The molecule has 4 heteroatoms. The molecule has 1 N–H and O–H groups in total. The van der Waals surface area contributed by atoms with E-state index in [1.807, 2.05) is 6.92 Å². The summed E-state index contributed by atoms with van der Waals surface area (Å²) in [6, 6.07) is 0. The largest absolute Gasteiger partial charge is 0.384 e. The second-order valence-corrected chi connectivity index (χ2v) is 2.77. The fourth-order valence-corrected chi connectivity index (χ4v) is 1.03. The van der Waals surface area contributed by atoms with Crippen LogP contribution in [0.5, 0.6) is 0 Å². The van der Waals surface area contributed by atoms with Gasteiger partial charge in [0, 0.05) is 0 Å². The zero-order valence-electron chi connectivity index (χ0n) is 5.46. The van der Waals surface area contributed by atoms with Crippen LogP contribution in [0.25, 0.3) is 0 Å². The van der Waals surface area contributed by atoms with Gasteiger partial charge in [-0.3, -0.25) is 0 Å². The molecule has 0 spiro atoms. The highest BCUT2D eigenvalue weighted by molar-refractivity contribution is 7.11. The van der Waals surface area contributed by atoms with Gasteiger partial charge in [-0.05, 0) is 12.8 Å². The van der Waals surface area contributed by atoms with E-state index in [-0.39, 0.29) is 6.61 Å². The summed E-state index contributed by atoms with van der Waals surface area (Å²) in [5, 5.41) is 17.4. The lowest BCUT2D eigenvalue weighted by Gasteiger charge is -1.70. The molecule has 0 saturated carbocycles. The van der Waals surface area contributed by atoms with Crippen LogP contribution in [0.4, 0.5) is 0 Å². The molecule has 1 aromatic heterocycles. The Morgan fingerprint density at radius 3 is 2.90 bits per heavy atom. The number of aromatic nitrogens is 2. The van der Waals surface area contributed by atoms with E-state index < -0.39 is 0 Å². The maximum Gasteiger partial charge on any atom is 0.191 e. The van der Waals surface area contributed by atoms with Crippen molar-refractivity contribution in [2.45, 2.75) is 6.92 Å². The molecule has 1 aromatic rings. The highest BCUT2D eigenvalue weighted by atomic mass is 32.1. The minimum atomic E-state index is -0.126. The minimum Gasteiger partial charge on any atom is -0.384 e. The summed E-state index contributed by atoms with van der Waals surface area (Å²) in [5.41, 5.74) is 0. The fraction of sp³-hybridized carbons (Fsp3) is 0.333. The van der Waals surface area contributed by atoms with Gasteiger partial charge < -0.3 is 5.11 Å². The Balaban J connectivity index is 2.76. The number of nitrogens with zero attached hydrogens (tertiary/aromatic N) is 2. The lowest BCUT2D eigenvalue weighted by atomic mass is 10.6. The maximum atomic E-state index is 8.32. The van der Waals surface area contributed by atoms with Crippen molar-refractivity contribution in [1.82, 2.24) is 10.2 Å². The fourth-order valence-electron chi connectivity index (χ4n) is 0.462. The van der Waals surface area contributed by atoms with Crippen molar-refractivity contribution in [2.75, 3.05) is 6.61 Å². The second-order valence-electron chi connectivity index (χ2n) is 1.59. The SMILES string of the molecule is Cc1nnc(C#CCO)s1. The van der Waals surface area contributed by atoms with Crippen LogP contribution in [0, 0.1) is 18.8 Å². The van der Waals surface area contributed by atoms with E-state index in [9.17, 15) is 0 Å². The van der Waals surface area contributed by atoms with Crippen molar-refractivity contribution in [3.63, 3.8) is 0 Å². The third kappa shape index (κ3) is 1.79. The van der Waals surface area contributed by atoms with Crippen LogP contribution >= 0.6 is 11.3 Å². The van der Waals surface area contributed by atoms with Gasteiger partial charge in [0.1, 0.15) is 11.6 Å². The van der Waals surface area contributed by atoms with E-state index >= 15 is 0 Å². The van der Waals surface area contributed by atoms with Gasteiger partial charge in [-0.15, -0.1) is 10.2 Å². The number of aliphatic hydroxyl groups is 1. The molecule has 1 rings (SSSR count). The first kappa shape index (κ1) is 7.19. The molecular formula is C6H6N2OS. The maximum absolute atomic E-state index is 8.32. The Morgan fingerprint density at radius 1 is 1.60 bits per heavy atom. The van der Waals surface area contributed by atoms with E-state index in [1.54, 1.807) is 0 Å². The summed E-state index contributed by atoms with van der Waals surface area (Å²) in [6.45, 7) is 1.74. The first-order valence-electron chi connectivity index (χ1n) is 2.73. The monoisotopic (exact) mass is 154 g/mol. The number of aryl methyl sites for hydroxylation is 1. The van der Waals surface area contributed by atoms with Crippen LogP contribution < -0.4 is 0 Å². The molecule has 52 valence electrons. The van der Waals surface area contributed by atoms with Crippen molar-refractivity contribution >= 4 is 11.3 Å². The third-order valence-electron chi connectivity index (χ3n) is 0.800. The number of hydrogen-bond donors (Lipinski definition) is 1. The molecule has 0 aromatic carbocycles. The normalized spacial score (nSPS) is 8.60. The van der Waals surface area contributed by atoms with Gasteiger partial charge in [-0.25, -0.2) is 0 Å². The van der Waals surface area contributed by atoms with Gasteiger partial charge in [0.15, 0.2) is 5.01 Å². The second kappa shape index (κ2) is 3.30. The van der Waals surface area contributed by atoms with Crippen LogP contribution in [0.3, 0.4) is 0 Å². The smallest absolute Gasteiger partial charge is 0.191 e. The quantitative estimate of drug-likeness (QED) is 0.542. The molecular weight excluding hydrogens is 148 g/mol. The molecule has 0 aliphatic rings. The van der Waals surface area contributed by atoms with E-state index in [1.165, 1.54) is 11.3 Å². The van der Waals surface area contributed by atoms with E-state index in [0.29, 0.717) is 5.01 Å². The summed E-state index contributed by atoms with van der Waals surface area (Å²) in [5.74, 6) is 5.15. The van der Waals surface area contributed by atoms with E-state index in [2.05, 4.69) is 22.0 Å². The van der Waals surface area contributed by atoms with Crippen molar-refractivity contribution in [2.24, 2.45) is 0 Å². The van der Waals surface area contributed by atoms with Crippen molar-refractivity contribution in [3.05, 3.63) is 10.0 Å². The molecule has 0 atom stereocenters. The molecule has 0 saturated heterocycles. The molecule has 0 aliphatic carbocycles. The van der Waals surface area contributed by atoms with Gasteiger partial charge in [0.25, 0.3) is 0 Å². The molecule has 0 bridgehead atoms. The predicted molar refractivity (Wildman–Crippen MR) is 38.6 cm³/mol. The van der Waals surface area contributed by atoms with Crippen molar-refractivity contribution < 1.29 is 5.11 Å². The van der Waals surface area contributed by atoms with Crippen LogP contribution in [-0.2, 0) is 0 Å². The third-order valence-corrected chi connectivity index (χ3v) is 1.55. The Bertz CT molecular complexity index is 271. The molecule has 1 heterocycles. The van der Waals surface area contributed by atoms with Gasteiger partial charge in [0.05, 0.1) is 0 Å². The summed E-state index contributed by atoms with van der Waals surface area (Å²) in [6.07, 6.45) is 0. The molecule has 0 radical (unpaired) electrons.